The van der Waals surface area contributed by atoms with Gasteiger partial charge in [-0.1, -0.05) is 18.2 Å². The van der Waals surface area contributed by atoms with E-state index in [2.05, 4.69) is 15.4 Å². The first-order valence-electron chi connectivity index (χ1n) is 9.66. The molecule has 1 aliphatic rings. The number of hydrogen-bond donors (Lipinski definition) is 2. The van der Waals surface area contributed by atoms with Crippen molar-refractivity contribution in [3.8, 4) is 0 Å². The van der Waals surface area contributed by atoms with Gasteiger partial charge < -0.3 is 5.73 Å². The van der Waals surface area contributed by atoms with Crippen molar-refractivity contribution in [1.82, 2.24) is 15.4 Å². The maximum Gasteiger partial charge on any atom is 0.416 e. The molecule has 0 bridgehead atoms. The molecule has 3 aromatic rings. The van der Waals surface area contributed by atoms with Gasteiger partial charge in [-0.2, -0.15) is 26.3 Å². The molecule has 2 heterocycles. The van der Waals surface area contributed by atoms with Crippen LogP contribution in [-0.4, -0.2) is 28.4 Å². The number of rotatable bonds is 4. The number of hydrazine groups is 1. The molecule has 2 aromatic carbocycles. The van der Waals surface area contributed by atoms with Gasteiger partial charge in [0.2, 0.25) is 0 Å². The minimum absolute atomic E-state index is 0.0159. The van der Waals surface area contributed by atoms with Crippen LogP contribution in [0.1, 0.15) is 22.3 Å². The van der Waals surface area contributed by atoms with E-state index < -0.39 is 35.0 Å². The van der Waals surface area contributed by atoms with Crippen molar-refractivity contribution < 1.29 is 31.1 Å². The zero-order valence-corrected chi connectivity index (χ0v) is 17.1. The second kappa shape index (κ2) is 8.36. The molecular weight excluding hydrogens is 464 g/mol. The van der Waals surface area contributed by atoms with E-state index in [4.69, 9.17) is 5.73 Å². The number of amidine groups is 1. The summed E-state index contributed by atoms with van der Waals surface area (Å²) in [6.45, 7) is -0.190. The van der Waals surface area contributed by atoms with Crippen LogP contribution in [0.25, 0.3) is 16.5 Å². The number of nitrogens with zero attached hydrogens (tertiary/aromatic N) is 3. The quantitative estimate of drug-likeness (QED) is 0.431. The fraction of sp³-hybridized carbons (Fsp3) is 0.136. The Balaban J connectivity index is 1.64. The third-order valence-corrected chi connectivity index (χ3v) is 4.94. The summed E-state index contributed by atoms with van der Waals surface area (Å²) in [6, 6.07) is 9.99. The van der Waals surface area contributed by atoms with Gasteiger partial charge in [0.05, 0.1) is 22.2 Å². The van der Waals surface area contributed by atoms with Crippen molar-refractivity contribution in [3.05, 3.63) is 83.2 Å². The summed E-state index contributed by atoms with van der Waals surface area (Å²) in [5, 5.41) is 1.96. The molecule has 0 saturated carbocycles. The van der Waals surface area contributed by atoms with Crippen LogP contribution >= 0.6 is 0 Å². The number of aromatic nitrogens is 1. The summed E-state index contributed by atoms with van der Waals surface area (Å²) in [5.74, 6) is -1.04. The second-order valence-corrected chi connectivity index (χ2v) is 7.35. The van der Waals surface area contributed by atoms with Gasteiger partial charge in [-0.15, -0.1) is 0 Å². The van der Waals surface area contributed by atoms with Crippen molar-refractivity contribution in [1.29, 1.82) is 0 Å². The van der Waals surface area contributed by atoms with Crippen LogP contribution in [0.3, 0.4) is 0 Å². The van der Waals surface area contributed by atoms with Gasteiger partial charge >= 0.3 is 12.4 Å². The number of carbonyl (C=O) groups excluding carboxylic acids is 1. The number of benzene rings is 2. The number of aliphatic imine (C=N–C) groups is 1. The Morgan fingerprint density at radius 3 is 2.26 bits per heavy atom. The lowest BCUT2D eigenvalue weighted by Gasteiger charge is -2.17. The molecule has 0 atom stereocenters. The van der Waals surface area contributed by atoms with E-state index in [9.17, 15) is 31.1 Å². The number of nitrogens with two attached hydrogens (primary N) is 1. The van der Waals surface area contributed by atoms with Crippen LogP contribution in [0, 0.1) is 0 Å². The lowest BCUT2D eigenvalue weighted by atomic mass is 10.0. The lowest BCUT2D eigenvalue weighted by Crippen LogP contribution is -2.33. The molecule has 3 N–H and O–H groups in total. The molecule has 1 amide bonds. The number of hydrogen-bond acceptors (Lipinski definition) is 5. The van der Waals surface area contributed by atoms with Crippen molar-refractivity contribution in [2.75, 3.05) is 6.67 Å². The molecule has 6 nitrogen and oxygen atoms in total. The van der Waals surface area contributed by atoms with Crippen molar-refractivity contribution in [2.45, 2.75) is 12.4 Å². The molecule has 1 aliphatic heterocycles. The largest absolute Gasteiger partial charge is 0.416 e. The Kier molecular flexibility index (Phi) is 5.67. The molecular formula is C22H15F6N5O. The number of pyridine rings is 1. The minimum atomic E-state index is -4.99. The first-order valence-corrected chi connectivity index (χ1v) is 9.66. The first kappa shape index (κ1) is 23.1. The summed E-state index contributed by atoms with van der Waals surface area (Å²) in [6.07, 6.45) is -7.28. The van der Waals surface area contributed by atoms with Gasteiger partial charge in [0.1, 0.15) is 12.5 Å². The molecule has 0 aliphatic carbocycles. The smallest absolute Gasteiger partial charge is 0.366 e. The monoisotopic (exact) mass is 479 g/mol. The van der Waals surface area contributed by atoms with Crippen molar-refractivity contribution in [2.24, 2.45) is 10.7 Å². The van der Waals surface area contributed by atoms with Gasteiger partial charge in [0.25, 0.3) is 5.91 Å². The fourth-order valence-electron chi connectivity index (χ4n) is 3.33. The third kappa shape index (κ3) is 4.80. The predicted octanol–water partition coefficient (Wildman–Crippen LogP) is 4.32. The highest BCUT2D eigenvalue weighted by Gasteiger charge is 2.37. The van der Waals surface area contributed by atoms with Gasteiger partial charge in [0.15, 0.2) is 0 Å². The van der Waals surface area contributed by atoms with Crippen LogP contribution in [0.4, 0.5) is 26.3 Å². The van der Waals surface area contributed by atoms with E-state index in [0.29, 0.717) is 23.2 Å². The topological polar surface area (TPSA) is 83.6 Å². The standard InChI is InChI=1S/C22H15F6N5O/c23-21(24,25)15-6-13(7-16(8-15)22(26,27)28)20-31-11-33(32-20)10-17(19(29)34)14-5-12-3-1-2-4-18(12)30-9-14/h1-10H,11H2,(H2,29,34)(H,31,32)/b17-10+. The molecule has 1 aromatic heterocycles. The number of amides is 1. The molecule has 0 fully saturated rings. The van der Waals surface area contributed by atoms with Gasteiger partial charge in [-0.05, 0) is 30.3 Å². The maximum absolute atomic E-state index is 13.2. The summed E-state index contributed by atoms with van der Waals surface area (Å²) >= 11 is 0. The molecule has 0 spiro atoms. The normalized spacial score (nSPS) is 14.8. The summed E-state index contributed by atoms with van der Waals surface area (Å²) in [7, 11) is 0. The number of halogens is 6. The Labute approximate surface area is 188 Å². The van der Waals surface area contributed by atoms with Gasteiger partial charge in [0, 0.05) is 28.9 Å². The number of primary amides is 1. The van der Waals surface area contributed by atoms with Crippen LogP contribution in [0.5, 0.6) is 0 Å². The van der Waals surface area contributed by atoms with Gasteiger partial charge in [-0.3, -0.25) is 20.2 Å². The zero-order valence-electron chi connectivity index (χ0n) is 17.1. The van der Waals surface area contributed by atoms with Crippen LogP contribution in [0.2, 0.25) is 0 Å². The highest BCUT2D eigenvalue weighted by molar-refractivity contribution is 6.19. The summed E-state index contributed by atoms with van der Waals surface area (Å²) in [4.78, 5) is 20.3. The molecule has 0 saturated heterocycles. The number of fused-ring (bicyclic) bond motifs is 1. The Hall–Kier alpha value is -4.09. The number of para-hydroxylation sites is 1. The van der Waals surface area contributed by atoms with E-state index in [-0.39, 0.29) is 24.1 Å². The van der Waals surface area contributed by atoms with E-state index in [1.807, 2.05) is 0 Å². The second-order valence-electron chi connectivity index (χ2n) is 7.35. The first-order chi connectivity index (χ1) is 15.9. The Bertz CT molecular complexity index is 1300. The van der Waals surface area contributed by atoms with Crippen molar-refractivity contribution >= 4 is 28.2 Å². The highest BCUT2D eigenvalue weighted by Crippen LogP contribution is 2.36. The zero-order chi connectivity index (χ0) is 24.7. The average molecular weight is 479 g/mol. The SMILES string of the molecule is NC(=O)/C(=C/N1CN=C(c2cc(C(F)(F)F)cc(C(F)(F)F)c2)N1)c1cnc2ccccc2c1. The van der Waals surface area contributed by atoms with Crippen LogP contribution in [0.15, 0.2) is 65.9 Å². The number of nitrogens with one attached hydrogen (secondary N) is 1. The number of carbonyl (C=O) groups is 1. The fourth-order valence-corrected chi connectivity index (χ4v) is 3.33. The van der Waals surface area contributed by atoms with E-state index in [1.54, 1.807) is 30.3 Å². The minimum Gasteiger partial charge on any atom is -0.366 e. The Morgan fingerprint density at radius 2 is 1.65 bits per heavy atom. The molecule has 34 heavy (non-hydrogen) atoms. The molecule has 12 heteroatoms. The highest BCUT2D eigenvalue weighted by atomic mass is 19.4. The predicted molar refractivity (Wildman–Crippen MR) is 112 cm³/mol. The third-order valence-electron chi connectivity index (χ3n) is 4.94. The molecule has 176 valence electrons. The van der Waals surface area contributed by atoms with Gasteiger partial charge in [-0.25, -0.2) is 4.99 Å². The van der Waals surface area contributed by atoms with Crippen LogP contribution in [-0.2, 0) is 17.1 Å². The van der Waals surface area contributed by atoms with E-state index in [1.165, 1.54) is 17.4 Å². The molecule has 0 unspecified atom stereocenters. The van der Waals surface area contributed by atoms with Crippen molar-refractivity contribution in [3.63, 3.8) is 0 Å². The number of alkyl halides is 6. The molecule has 4 rings (SSSR count). The lowest BCUT2D eigenvalue weighted by molar-refractivity contribution is -0.143. The maximum atomic E-state index is 13.2. The molecule has 0 radical (unpaired) electrons. The Morgan fingerprint density at radius 1 is 1.00 bits per heavy atom. The summed E-state index contributed by atoms with van der Waals surface area (Å²) < 4.78 is 78.9. The average Bonchev–Trinajstić information content (AvgIpc) is 3.24. The van der Waals surface area contributed by atoms with E-state index in [0.717, 1.165) is 5.39 Å². The van der Waals surface area contributed by atoms with Crippen LogP contribution < -0.4 is 11.2 Å². The summed E-state index contributed by atoms with van der Waals surface area (Å²) in [5.41, 5.74) is 5.84. The van der Waals surface area contributed by atoms with E-state index >= 15 is 0 Å².